The van der Waals surface area contributed by atoms with E-state index in [1.54, 1.807) is 31.3 Å². The second-order valence-electron chi connectivity index (χ2n) is 12.4. The van der Waals surface area contributed by atoms with Crippen molar-refractivity contribution in [1.82, 2.24) is 25.1 Å². The number of aliphatic carboxylic acids is 1. The number of piperidine rings is 1. The van der Waals surface area contributed by atoms with Crippen LogP contribution in [0.5, 0.6) is 5.88 Å². The summed E-state index contributed by atoms with van der Waals surface area (Å²) in [5.41, 5.74) is 7.36. The van der Waals surface area contributed by atoms with Crippen LogP contribution in [0.15, 0.2) is 65.7 Å². The zero-order valence-electron chi connectivity index (χ0n) is 26.1. The van der Waals surface area contributed by atoms with Gasteiger partial charge in [-0.05, 0) is 67.0 Å². The first-order chi connectivity index (χ1) is 22.6. The molecule has 0 bridgehead atoms. The van der Waals surface area contributed by atoms with E-state index in [1.807, 2.05) is 4.90 Å². The lowest BCUT2D eigenvalue weighted by atomic mass is 9.76. The van der Waals surface area contributed by atoms with Crippen molar-refractivity contribution in [3.63, 3.8) is 0 Å². The van der Waals surface area contributed by atoms with Gasteiger partial charge in [0.1, 0.15) is 11.9 Å². The SMILES string of the molecule is Cc1ccn(-c2cc(-c3ccc(S(C)(=O)=O)cc3)ccc2C(Oc2cc(N3CCC4(CC3)CNC(C(=O)O)C4)nc(N)n2)C(F)(F)F)n1. The Balaban J connectivity index is 1.31. The number of ether oxygens (including phenoxy) is 1. The van der Waals surface area contributed by atoms with Crippen LogP contribution in [0.3, 0.4) is 0 Å². The minimum atomic E-state index is -4.89. The van der Waals surface area contributed by atoms with Gasteiger partial charge in [-0.3, -0.25) is 4.79 Å². The molecule has 2 aromatic heterocycles. The number of nitrogens with two attached hydrogens (primary N) is 1. The molecule has 2 saturated heterocycles. The zero-order valence-corrected chi connectivity index (χ0v) is 26.9. The Kier molecular flexibility index (Phi) is 8.57. The molecule has 0 aliphatic carbocycles. The number of carboxylic acids is 1. The third-order valence-electron chi connectivity index (χ3n) is 8.95. The molecule has 254 valence electrons. The number of halogens is 3. The fourth-order valence-corrected chi connectivity index (χ4v) is 6.98. The molecule has 16 heteroatoms. The molecule has 48 heavy (non-hydrogen) atoms. The summed E-state index contributed by atoms with van der Waals surface area (Å²) >= 11 is 0. The average molecular weight is 686 g/mol. The molecule has 2 fully saturated rings. The van der Waals surface area contributed by atoms with Crippen LogP contribution in [0.4, 0.5) is 24.9 Å². The fourth-order valence-electron chi connectivity index (χ4n) is 6.35. The quantitative estimate of drug-likeness (QED) is 0.242. The van der Waals surface area contributed by atoms with Gasteiger partial charge < -0.3 is 25.8 Å². The number of rotatable bonds is 8. The van der Waals surface area contributed by atoms with Gasteiger partial charge in [0, 0.05) is 43.7 Å². The molecule has 2 atom stereocenters. The minimum Gasteiger partial charge on any atom is -0.480 e. The first kappa shape index (κ1) is 33.2. The number of alkyl halides is 3. The Bertz CT molecular complexity index is 1940. The van der Waals surface area contributed by atoms with Crippen LogP contribution in [0.1, 0.15) is 36.6 Å². The van der Waals surface area contributed by atoms with E-state index in [-0.39, 0.29) is 33.4 Å². The first-order valence-electron chi connectivity index (χ1n) is 15.2. The first-order valence-corrected chi connectivity index (χ1v) is 17.1. The molecule has 1 spiro atoms. The van der Waals surface area contributed by atoms with E-state index >= 15 is 0 Å². The van der Waals surface area contributed by atoms with Crippen LogP contribution in [-0.2, 0) is 14.6 Å². The maximum atomic E-state index is 14.8. The van der Waals surface area contributed by atoms with Gasteiger partial charge in [0.2, 0.25) is 17.9 Å². The molecule has 0 radical (unpaired) electrons. The van der Waals surface area contributed by atoms with Crippen LogP contribution >= 0.6 is 0 Å². The normalized spacial score (nSPS) is 18.6. The molecule has 6 rings (SSSR count). The highest BCUT2D eigenvalue weighted by Gasteiger charge is 2.46. The number of carboxylic acid groups (broad SMARTS) is 1. The lowest BCUT2D eigenvalue weighted by Crippen LogP contribution is -2.41. The van der Waals surface area contributed by atoms with Gasteiger partial charge in [0.25, 0.3) is 0 Å². The summed E-state index contributed by atoms with van der Waals surface area (Å²) in [4.78, 5) is 21.7. The van der Waals surface area contributed by atoms with Gasteiger partial charge >= 0.3 is 12.1 Å². The monoisotopic (exact) mass is 685 g/mol. The number of benzene rings is 2. The highest BCUT2D eigenvalue weighted by molar-refractivity contribution is 7.90. The van der Waals surface area contributed by atoms with Crippen LogP contribution in [0, 0.1) is 12.3 Å². The fraction of sp³-hybridized carbons (Fsp3) is 0.375. The van der Waals surface area contributed by atoms with Crippen molar-refractivity contribution >= 4 is 27.6 Å². The largest absolute Gasteiger partial charge is 0.480 e. The maximum Gasteiger partial charge on any atom is 0.429 e. The Hall–Kier alpha value is -4.70. The smallest absolute Gasteiger partial charge is 0.429 e. The van der Waals surface area contributed by atoms with Crippen molar-refractivity contribution in [2.75, 3.05) is 36.5 Å². The number of aromatic nitrogens is 4. The van der Waals surface area contributed by atoms with Crippen LogP contribution < -0.4 is 20.7 Å². The van der Waals surface area contributed by atoms with E-state index in [9.17, 15) is 31.5 Å². The molecular weight excluding hydrogens is 651 g/mol. The number of carbonyl (C=O) groups is 1. The van der Waals surface area contributed by atoms with E-state index in [0.29, 0.717) is 61.5 Å². The lowest BCUT2D eigenvalue weighted by molar-refractivity contribution is -0.198. The Morgan fingerprint density at radius 1 is 1.08 bits per heavy atom. The van der Waals surface area contributed by atoms with Crippen molar-refractivity contribution < 1.29 is 36.2 Å². The molecule has 12 nitrogen and oxygen atoms in total. The van der Waals surface area contributed by atoms with Gasteiger partial charge in [-0.2, -0.15) is 28.2 Å². The average Bonchev–Trinajstić information content (AvgIpc) is 3.65. The Morgan fingerprint density at radius 3 is 2.35 bits per heavy atom. The van der Waals surface area contributed by atoms with Gasteiger partial charge in [-0.25, -0.2) is 13.1 Å². The summed E-state index contributed by atoms with van der Waals surface area (Å²) in [5, 5.41) is 16.8. The van der Waals surface area contributed by atoms with Crippen molar-refractivity contribution in [3.05, 3.63) is 72.1 Å². The number of nitrogens with one attached hydrogen (secondary N) is 1. The summed E-state index contributed by atoms with van der Waals surface area (Å²) in [6, 6.07) is 12.8. The van der Waals surface area contributed by atoms with Gasteiger partial charge in [-0.15, -0.1) is 0 Å². The minimum absolute atomic E-state index is 0.100. The number of sulfone groups is 1. The number of aryl methyl sites for hydroxylation is 1. The predicted octanol–water partition coefficient (Wildman–Crippen LogP) is 4.34. The molecule has 2 aliphatic heterocycles. The third-order valence-corrected chi connectivity index (χ3v) is 10.1. The number of hydrogen-bond donors (Lipinski definition) is 3. The predicted molar refractivity (Wildman–Crippen MR) is 171 cm³/mol. The molecule has 2 aromatic carbocycles. The van der Waals surface area contributed by atoms with E-state index in [1.165, 1.54) is 41.1 Å². The van der Waals surface area contributed by atoms with Gasteiger partial charge in [-0.1, -0.05) is 24.3 Å². The summed E-state index contributed by atoms with van der Waals surface area (Å²) < 4.78 is 75.3. The standard InChI is InChI=1S/C32H34F3N7O5S/c1-19-9-12-42(40-19)25-15-21(20-3-6-22(7-4-20)48(2,45)46)5-8-23(25)28(32(33,34)35)47-27-16-26(38-30(36)39-27)41-13-10-31(11-14-41)17-24(29(43)44)37-18-31/h3-9,12,15-16,24,28,37H,10-11,13-14,17-18H2,1-2H3,(H,43,44)(H2,36,38,39). The molecule has 0 amide bonds. The van der Waals surface area contributed by atoms with E-state index in [0.717, 1.165) is 6.26 Å². The van der Waals surface area contributed by atoms with Crippen molar-refractivity contribution in [1.29, 1.82) is 0 Å². The summed E-state index contributed by atoms with van der Waals surface area (Å²) in [5.74, 6) is -1.20. The number of nitrogen functional groups attached to an aromatic ring is 1. The Labute approximate surface area is 274 Å². The maximum absolute atomic E-state index is 14.8. The van der Waals surface area contributed by atoms with Gasteiger partial charge in [0.05, 0.1) is 16.3 Å². The topological polar surface area (TPSA) is 166 Å². The lowest BCUT2D eigenvalue weighted by Gasteiger charge is -2.39. The summed E-state index contributed by atoms with van der Waals surface area (Å²) in [6.45, 7) is 3.29. The Morgan fingerprint density at radius 2 is 1.77 bits per heavy atom. The summed E-state index contributed by atoms with van der Waals surface area (Å²) in [6.07, 6.45) is -2.87. The van der Waals surface area contributed by atoms with Crippen LogP contribution in [0.25, 0.3) is 16.8 Å². The number of hydrogen-bond acceptors (Lipinski definition) is 10. The van der Waals surface area contributed by atoms with E-state index in [2.05, 4.69) is 20.4 Å². The zero-order chi connectivity index (χ0) is 34.4. The highest BCUT2D eigenvalue weighted by Crippen LogP contribution is 2.43. The van der Waals surface area contributed by atoms with Crippen LogP contribution in [0.2, 0.25) is 0 Å². The van der Waals surface area contributed by atoms with E-state index in [4.69, 9.17) is 10.5 Å². The van der Waals surface area contributed by atoms with Crippen molar-refractivity contribution in [2.45, 2.75) is 49.4 Å². The third kappa shape index (κ3) is 6.94. The second-order valence-corrected chi connectivity index (χ2v) is 14.4. The molecule has 4 aromatic rings. The second kappa shape index (κ2) is 12.4. The molecular formula is C32H34F3N7O5S. The number of nitrogens with zero attached hydrogens (tertiary/aromatic N) is 5. The summed E-state index contributed by atoms with van der Waals surface area (Å²) in [7, 11) is -3.44. The van der Waals surface area contributed by atoms with E-state index < -0.39 is 34.1 Å². The molecule has 4 N–H and O–H groups in total. The molecule has 0 saturated carbocycles. The highest BCUT2D eigenvalue weighted by atomic mass is 32.2. The van der Waals surface area contributed by atoms with Crippen LogP contribution in [-0.4, -0.2) is 77.4 Å². The van der Waals surface area contributed by atoms with Crippen molar-refractivity contribution in [3.8, 4) is 22.7 Å². The van der Waals surface area contributed by atoms with Gasteiger partial charge in [0.15, 0.2) is 9.84 Å². The molecule has 4 heterocycles. The van der Waals surface area contributed by atoms with Crippen molar-refractivity contribution in [2.24, 2.45) is 5.41 Å². The number of anilines is 2. The molecule has 2 unspecified atom stereocenters. The molecule has 2 aliphatic rings.